The zero-order valence-electron chi connectivity index (χ0n) is 11.8. The number of carbonyl (C=O) groups is 2. The van der Waals surface area contributed by atoms with Gasteiger partial charge in [0.15, 0.2) is 0 Å². The highest BCUT2D eigenvalue weighted by Gasteiger charge is 2.33. The molecule has 1 aromatic carbocycles. The number of allylic oxidation sites excluding steroid dienone is 1. The van der Waals surface area contributed by atoms with Crippen LogP contribution < -0.4 is 10.6 Å². The monoisotopic (exact) mass is 440 g/mol. The van der Waals surface area contributed by atoms with Crippen molar-refractivity contribution in [3.05, 3.63) is 45.6 Å². The fourth-order valence-corrected chi connectivity index (χ4v) is 2.52. The molecule has 1 aliphatic heterocycles. The van der Waals surface area contributed by atoms with E-state index in [2.05, 4.69) is 26.6 Å². The lowest BCUT2D eigenvalue weighted by Crippen LogP contribution is -2.45. The van der Waals surface area contributed by atoms with Crippen molar-refractivity contribution in [1.82, 2.24) is 10.6 Å². The van der Waals surface area contributed by atoms with Crippen LogP contribution in [-0.4, -0.2) is 22.4 Å². The summed E-state index contributed by atoms with van der Waals surface area (Å²) in [5, 5.41) is 5.23. The molecule has 1 atom stereocenters. The van der Waals surface area contributed by atoms with Crippen LogP contribution in [0.5, 0.6) is 0 Å². The lowest BCUT2D eigenvalue weighted by Gasteiger charge is -2.28. The largest absolute Gasteiger partial charge is 0.458 e. The Morgan fingerprint density at radius 2 is 1.91 bits per heavy atom. The first-order valence-corrected chi connectivity index (χ1v) is 8.37. The van der Waals surface area contributed by atoms with Gasteiger partial charge in [-0.3, -0.25) is 0 Å². The van der Waals surface area contributed by atoms with Crippen molar-refractivity contribution in [2.75, 3.05) is 6.61 Å². The van der Waals surface area contributed by atoms with Crippen LogP contribution >= 0.6 is 50.7 Å². The lowest BCUT2D eigenvalue weighted by atomic mass is 9.96. The maximum absolute atomic E-state index is 12.4. The quantitative estimate of drug-likeness (QED) is 0.550. The van der Waals surface area contributed by atoms with Crippen molar-refractivity contribution in [1.29, 1.82) is 0 Å². The molecule has 0 aliphatic carbocycles. The van der Waals surface area contributed by atoms with E-state index in [1.54, 1.807) is 19.1 Å². The topological polar surface area (TPSA) is 67.4 Å². The molecule has 0 spiro atoms. The molecule has 1 aliphatic rings. The summed E-state index contributed by atoms with van der Waals surface area (Å²) in [7, 11) is 0. The molecular formula is C14H12BrCl3N2O3. The van der Waals surface area contributed by atoms with Gasteiger partial charge in [-0.05, 0) is 24.6 Å². The van der Waals surface area contributed by atoms with Crippen LogP contribution in [-0.2, 0) is 9.53 Å². The summed E-state index contributed by atoms with van der Waals surface area (Å²) in [6.45, 7) is 1.21. The number of benzene rings is 1. The maximum atomic E-state index is 12.4. The SMILES string of the molecule is CC1=C(C(=O)OCC(Cl)(Cl)Cl)[C@@H](c2ccc(Br)cc2)NC(=O)N1. The molecule has 0 unspecified atom stereocenters. The van der Waals surface area contributed by atoms with E-state index in [0.29, 0.717) is 5.70 Å². The Morgan fingerprint density at radius 3 is 2.48 bits per heavy atom. The normalized spacial score (nSPS) is 18.3. The first-order valence-electron chi connectivity index (χ1n) is 6.45. The molecule has 2 rings (SSSR count). The van der Waals surface area contributed by atoms with Gasteiger partial charge in [0.05, 0.1) is 11.6 Å². The molecular weight excluding hydrogens is 430 g/mol. The maximum Gasteiger partial charge on any atom is 0.338 e. The highest BCUT2D eigenvalue weighted by atomic mass is 79.9. The van der Waals surface area contributed by atoms with Crippen molar-refractivity contribution < 1.29 is 14.3 Å². The first kappa shape index (κ1) is 18.4. The number of amides is 2. The second kappa shape index (κ2) is 7.30. The second-order valence-electron chi connectivity index (χ2n) is 4.81. The minimum Gasteiger partial charge on any atom is -0.458 e. The van der Waals surface area contributed by atoms with Crippen LogP contribution in [0.3, 0.4) is 0 Å². The van der Waals surface area contributed by atoms with Gasteiger partial charge >= 0.3 is 12.0 Å². The number of esters is 1. The van der Waals surface area contributed by atoms with Gasteiger partial charge in [-0.25, -0.2) is 9.59 Å². The van der Waals surface area contributed by atoms with Crippen molar-refractivity contribution in [3.63, 3.8) is 0 Å². The third-order valence-electron chi connectivity index (χ3n) is 3.06. The average molecular weight is 443 g/mol. The van der Waals surface area contributed by atoms with E-state index in [1.807, 2.05) is 12.1 Å². The van der Waals surface area contributed by atoms with E-state index in [0.717, 1.165) is 10.0 Å². The Morgan fingerprint density at radius 1 is 1.30 bits per heavy atom. The molecule has 0 saturated heterocycles. The number of hydrogen-bond donors (Lipinski definition) is 2. The zero-order chi connectivity index (χ0) is 17.2. The second-order valence-corrected chi connectivity index (χ2v) is 8.24. The van der Waals surface area contributed by atoms with Gasteiger partial charge in [-0.1, -0.05) is 62.9 Å². The van der Waals surface area contributed by atoms with Gasteiger partial charge < -0.3 is 15.4 Å². The third kappa shape index (κ3) is 5.01. The molecule has 1 aromatic rings. The predicted molar refractivity (Wildman–Crippen MR) is 92.5 cm³/mol. The van der Waals surface area contributed by atoms with Crippen LogP contribution in [0.15, 0.2) is 40.0 Å². The lowest BCUT2D eigenvalue weighted by molar-refractivity contribution is -0.139. The molecule has 0 bridgehead atoms. The minimum atomic E-state index is -1.71. The highest BCUT2D eigenvalue weighted by Crippen LogP contribution is 2.30. The van der Waals surface area contributed by atoms with Crippen molar-refractivity contribution in [3.8, 4) is 0 Å². The summed E-state index contributed by atoms with van der Waals surface area (Å²) in [6, 6.07) is 6.13. The van der Waals surface area contributed by atoms with E-state index in [4.69, 9.17) is 39.5 Å². The smallest absolute Gasteiger partial charge is 0.338 e. The summed E-state index contributed by atoms with van der Waals surface area (Å²) in [4.78, 5) is 24.1. The summed E-state index contributed by atoms with van der Waals surface area (Å²) >= 11 is 20.1. The highest BCUT2D eigenvalue weighted by molar-refractivity contribution is 9.10. The Balaban J connectivity index is 2.31. The molecule has 2 N–H and O–H groups in total. The standard InChI is InChI=1S/C14H12BrCl3N2O3/c1-7-10(12(21)23-6-14(16,17)18)11(20-13(22)19-7)8-2-4-9(15)5-3-8/h2-5,11H,6H2,1H3,(H2,19,20,22)/t11-/m1/s1. The number of alkyl halides is 3. The Hall–Kier alpha value is -0.950. The molecule has 23 heavy (non-hydrogen) atoms. The first-order chi connectivity index (χ1) is 10.7. The van der Waals surface area contributed by atoms with E-state index >= 15 is 0 Å². The van der Waals surface area contributed by atoms with Gasteiger partial charge in [0.1, 0.15) is 6.61 Å². The van der Waals surface area contributed by atoms with Gasteiger partial charge in [-0.2, -0.15) is 0 Å². The molecule has 1 heterocycles. The van der Waals surface area contributed by atoms with E-state index in [9.17, 15) is 9.59 Å². The average Bonchev–Trinajstić information content (AvgIpc) is 2.44. The number of halogens is 4. The third-order valence-corrected chi connectivity index (χ3v) is 3.92. The van der Waals surface area contributed by atoms with Crippen LogP contribution in [0.1, 0.15) is 18.5 Å². The van der Waals surface area contributed by atoms with Gasteiger partial charge in [-0.15, -0.1) is 0 Å². The van der Waals surface area contributed by atoms with Crippen LogP contribution in [0.4, 0.5) is 4.79 Å². The molecule has 0 radical (unpaired) electrons. The number of carbonyl (C=O) groups excluding carboxylic acids is 2. The van der Waals surface area contributed by atoms with E-state index in [-0.39, 0.29) is 5.57 Å². The molecule has 0 aromatic heterocycles. The van der Waals surface area contributed by atoms with Crippen LogP contribution in [0.2, 0.25) is 0 Å². The van der Waals surface area contributed by atoms with Crippen molar-refractivity contribution >= 4 is 62.7 Å². The fourth-order valence-electron chi connectivity index (χ4n) is 2.09. The number of ether oxygens (including phenoxy) is 1. The molecule has 9 heteroatoms. The number of hydrogen-bond acceptors (Lipinski definition) is 3. The minimum absolute atomic E-state index is 0.251. The number of nitrogens with one attached hydrogen (secondary N) is 2. The Kier molecular flexibility index (Phi) is 5.84. The summed E-state index contributed by atoms with van der Waals surface area (Å²) in [5.74, 6) is -0.672. The molecule has 5 nitrogen and oxygen atoms in total. The number of urea groups is 1. The van der Waals surface area contributed by atoms with Crippen LogP contribution in [0.25, 0.3) is 0 Å². The number of rotatable bonds is 3. The van der Waals surface area contributed by atoms with Crippen molar-refractivity contribution in [2.24, 2.45) is 0 Å². The predicted octanol–water partition coefficient (Wildman–Crippen LogP) is 3.99. The summed E-state index contributed by atoms with van der Waals surface area (Å²) in [6.07, 6.45) is 0. The summed E-state index contributed by atoms with van der Waals surface area (Å²) < 4.78 is 4.21. The van der Waals surface area contributed by atoms with E-state index in [1.165, 1.54) is 0 Å². The van der Waals surface area contributed by atoms with Gasteiger partial charge in [0.25, 0.3) is 0 Å². The Labute approximate surface area is 156 Å². The van der Waals surface area contributed by atoms with Crippen molar-refractivity contribution in [2.45, 2.75) is 16.8 Å². The molecule has 2 amide bonds. The van der Waals surface area contributed by atoms with E-state index < -0.39 is 28.4 Å². The fraction of sp³-hybridized carbons (Fsp3) is 0.286. The van der Waals surface area contributed by atoms with Gasteiger partial charge in [0, 0.05) is 10.2 Å². The molecule has 124 valence electrons. The van der Waals surface area contributed by atoms with Gasteiger partial charge in [0.2, 0.25) is 3.79 Å². The summed E-state index contributed by atoms with van der Waals surface area (Å²) in [5.41, 5.74) is 1.36. The Bertz CT molecular complexity index is 656. The zero-order valence-corrected chi connectivity index (χ0v) is 15.7. The molecule has 0 saturated carbocycles. The van der Waals surface area contributed by atoms with Crippen LogP contribution in [0, 0.1) is 0 Å². The molecule has 0 fully saturated rings.